The first-order valence-corrected chi connectivity index (χ1v) is 5.31. The fraction of sp³-hybridized carbons (Fsp3) is 0.900. The second-order valence-electron chi connectivity index (χ2n) is 4.13. The number of likely N-dealkylation sites (tertiary alicyclic amines) is 1. The van der Waals surface area contributed by atoms with Crippen LogP contribution >= 0.6 is 0 Å². The summed E-state index contributed by atoms with van der Waals surface area (Å²) in [5, 5.41) is 9.85. The van der Waals surface area contributed by atoms with Gasteiger partial charge < -0.3 is 14.7 Å². The van der Waals surface area contributed by atoms with Crippen molar-refractivity contribution < 1.29 is 14.6 Å². The summed E-state index contributed by atoms with van der Waals surface area (Å²) in [6.07, 6.45) is 2.10. The molecule has 2 rings (SSSR count). The lowest BCUT2D eigenvalue weighted by molar-refractivity contribution is -0.129. The predicted octanol–water partition coefficient (Wildman–Crippen LogP) is 0.00620. The Morgan fingerprint density at radius 2 is 2.50 bits per heavy atom. The van der Waals surface area contributed by atoms with Crippen molar-refractivity contribution in [1.82, 2.24) is 4.90 Å². The van der Waals surface area contributed by atoms with Crippen molar-refractivity contribution >= 4 is 5.91 Å². The van der Waals surface area contributed by atoms with Crippen LogP contribution < -0.4 is 0 Å². The molecule has 0 aromatic carbocycles. The molecule has 0 bridgehead atoms. The van der Waals surface area contributed by atoms with Gasteiger partial charge in [-0.15, -0.1) is 0 Å². The molecule has 14 heavy (non-hydrogen) atoms. The van der Waals surface area contributed by atoms with Crippen molar-refractivity contribution in [2.24, 2.45) is 5.92 Å². The van der Waals surface area contributed by atoms with Crippen LogP contribution in [-0.2, 0) is 9.53 Å². The number of carbonyl (C=O) groups is 1. The van der Waals surface area contributed by atoms with Gasteiger partial charge in [-0.3, -0.25) is 4.79 Å². The van der Waals surface area contributed by atoms with E-state index in [4.69, 9.17) is 4.74 Å². The minimum Gasteiger partial charge on any atom is -0.391 e. The summed E-state index contributed by atoms with van der Waals surface area (Å²) < 4.78 is 5.21. The summed E-state index contributed by atoms with van der Waals surface area (Å²) in [6.45, 7) is 2.69. The van der Waals surface area contributed by atoms with Gasteiger partial charge in [-0.1, -0.05) is 0 Å². The average molecular weight is 199 g/mol. The number of β-amino-alcohol motifs (C(OH)–C–C–N with tert-alkyl or cyclic N) is 1. The molecule has 0 aromatic rings. The Kier molecular flexibility index (Phi) is 3.03. The summed E-state index contributed by atoms with van der Waals surface area (Å²) in [5.41, 5.74) is 0. The first kappa shape index (κ1) is 9.93. The average Bonchev–Trinajstić information content (AvgIpc) is 2.77. The summed E-state index contributed by atoms with van der Waals surface area (Å²) in [6, 6.07) is 0. The molecule has 4 heteroatoms. The van der Waals surface area contributed by atoms with E-state index in [9.17, 15) is 9.90 Å². The fourth-order valence-corrected chi connectivity index (χ4v) is 2.13. The third-order valence-corrected chi connectivity index (χ3v) is 3.09. The number of aliphatic hydroxyl groups excluding tert-OH is 1. The van der Waals surface area contributed by atoms with Gasteiger partial charge in [0.15, 0.2) is 0 Å². The summed E-state index contributed by atoms with van der Waals surface area (Å²) in [4.78, 5) is 13.1. The van der Waals surface area contributed by atoms with Gasteiger partial charge in [0.25, 0.3) is 0 Å². The topological polar surface area (TPSA) is 49.8 Å². The van der Waals surface area contributed by atoms with Gasteiger partial charge in [0.05, 0.1) is 12.7 Å². The van der Waals surface area contributed by atoms with Gasteiger partial charge >= 0.3 is 0 Å². The van der Waals surface area contributed by atoms with Gasteiger partial charge in [-0.25, -0.2) is 0 Å². The van der Waals surface area contributed by atoms with E-state index in [-0.39, 0.29) is 11.8 Å². The Bertz CT molecular complexity index is 213. The first-order valence-electron chi connectivity index (χ1n) is 5.31. The van der Waals surface area contributed by atoms with Crippen LogP contribution in [0.5, 0.6) is 0 Å². The molecule has 80 valence electrons. The summed E-state index contributed by atoms with van der Waals surface area (Å²) in [7, 11) is 0. The monoisotopic (exact) mass is 199 g/mol. The van der Waals surface area contributed by atoms with Crippen LogP contribution in [0, 0.1) is 5.92 Å². The smallest absolute Gasteiger partial charge is 0.222 e. The van der Waals surface area contributed by atoms with Crippen LogP contribution in [-0.4, -0.2) is 48.3 Å². The SMILES string of the molecule is O=C1CCCN1CC(O)C1CCOC1. The molecular weight excluding hydrogens is 182 g/mol. The fourth-order valence-electron chi connectivity index (χ4n) is 2.13. The molecule has 4 nitrogen and oxygen atoms in total. The maximum atomic E-state index is 11.3. The van der Waals surface area contributed by atoms with Crippen molar-refractivity contribution in [2.75, 3.05) is 26.3 Å². The van der Waals surface area contributed by atoms with Crippen molar-refractivity contribution in [2.45, 2.75) is 25.4 Å². The molecule has 0 aliphatic carbocycles. The van der Waals surface area contributed by atoms with E-state index < -0.39 is 6.10 Å². The standard InChI is InChI=1S/C10H17NO3/c12-9(8-3-5-14-7-8)6-11-4-1-2-10(11)13/h8-9,12H,1-7H2. The van der Waals surface area contributed by atoms with Gasteiger partial charge in [-0.2, -0.15) is 0 Å². The lowest BCUT2D eigenvalue weighted by Crippen LogP contribution is -2.37. The van der Waals surface area contributed by atoms with Crippen LogP contribution in [0.3, 0.4) is 0 Å². The Hall–Kier alpha value is -0.610. The van der Waals surface area contributed by atoms with Crippen molar-refractivity contribution in [3.05, 3.63) is 0 Å². The molecule has 2 heterocycles. The molecular formula is C10H17NO3. The van der Waals surface area contributed by atoms with Crippen molar-refractivity contribution in [3.8, 4) is 0 Å². The zero-order chi connectivity index (χ0) is 9.97. The van der Waals surface area contributed by atoms with Crippen LogP contribution in [0.2, 0.25) is 0 Å². The molecule has 0 spiro atoms. The maximum Gasteiger partial charge on any atom is 0.222 e. The van der Waals surface area contributed by atoms with E-state index in [1.165, 1.54) is 0 Å². The van der Waals surface area contributed by atoms with E-state index in [2.05, 4.69) is 0 Å². The quantitative estimate of drug-likeness (QED) is 0.696. The molecule has 1 N–H and O–H groups in total. The highest BCUT2D eigenvalue weighted by Gasteiger charge is 2.28. The number of ether oxygens (including phenoxy) is 1. The van der Waals surface area contributed by atoms with Gasteiger partial charge in [0.1, 0.15) is 0 Å². The van der Waals surface area contributed by atoms with Crippen LogP contribution in [0.1, 0.15) is 19.3 Å². The molecule has 0 saturated carbocycles. The number of hydrogen-bond acceptors (Lipinski definition) is 3. The van der Waals surface area contributed by atoms with Crippen molar-refractivity contribution in [3.63, 3.8) is 0 Å². The van der Waals surface area contributed by atoms with E-state index in [1.54, 1.807) is 4.90 Å². The molecule has 1 amide bonds. The van der Waals surface area contributed by atoms with Crippen LogP contribution in [0.15, 0.2) is 0 Å². The number of aliphatic hydroxyl groups is 1. The second-order valence-corrected chi connectivity index (χ2v) is 4.13. The minimum atomic E-state index is -0.403. The molecule has 2 aliphatic heterocycles. The largest absolute Gasteiger partial charge is 0.391 e. The van der Waals surface area contributed by atoms with Gasteiger partial charge in [-0.05, 0) is 12.8 Å². The second kappa shape index (κ2) is 4.28. The molecule has 0 radical (unpaired) electrons. The van der Waals surface area contributed by atoms with Gasteiger partial charge in [0, 0.05) is 32.0 Å². The number of nitrogens with zero attached hydrogens (tertiary/aromatic N) is 1. The van der Waals surface area contributed by atoms with Crippen LogP contribution in [0.25, 0.3) is 0 Å². The third-order valence-electron chi connectivity index (χ3n) is 3.09. The van der Waals surface area contributed by atoms with Crippen LogP contribution in [0.4, 0.5) is 0 Å². The Balaban J connectivity index is 1.80. The van der Waals surface area contributed by atoms with E-state index in [1.807, 2.05) is 0 Å². The predicted molar refractivity (Wildman–Crippen MR) is 50.7 cm³/mol. The molecule has 2 unspecified atom stereocenters. The molecule has 2 atom stereocenters. The van der Waals surface area contributed by atoms with Crippen molar-refractivity contribution in [1.29, 1.82) is 0 Å². The maximum absolute atomic E-state index is 11.3. The number of rotatable bonds is 3. The zero-order valence-corrected chi connectivity index (χ0v) is 8.32. The number of amides is 1. The van der Waals surface area contributed by atoms with E-state index in [0.717, 1.165) is 26.0 Å². The summed E-state index contributed by atoms with van der Waals surface area (Å²) >= 11 is 0. The normalized spacial score (nSPS) is 29.9. The number of hydrogen-bond donors (Lipinski definition) is 1. The minimum absolute atomic E-state index is 0.183. The van der Waals surface area contributed by atoms with E-state index in [0.29, 0.717) is 19.6 Å². The van der Waals surface area contributed by atoms with E-state index >= 15 is 0 Å². The highest BCUT2D eigenvalue weighted by Crippen LogP contribution is 2.19. The highest BCUT2D eigenvalue weighted by molar-refractivity contribution is 5.78. The summed E-state index contributed by atoms with van der Waals surface area (Å²) in [5.74, 6) is 0.409. The number of carbonyl (C=O) groups excluding carboxylic acids is 1. The lowest BCUT2D eigenvalue weighted by atomic mass is 10.0. The Labute approximate surface area is 83.8 Å². The molecule has 2 fully saturated rings. The lowest BCUT2D eigenvalue weighted by Gasteiger charge is -2.23. The Morgan fingerprint density at radius 3 is 3.07 bits per heavy atom. The first-order chi connectivity index (χ1) is 6.77. The Morgan fingerprint density at radius 1 is 1.64 bits per heavy atom. The molecule has 2 saturated heterocycles. The zero-order valence-electron chi connectivity index (χ0n) is 8.32. The molecule has 2 aliphatic rings. The third kappa shape index (κ3) is 2.07. The highest BCUT2D eigenvalue weighted by atomic mass is 16.5. The van der Waals surface area contributed by atoms with Gasteiger partial charge in [0.2, 0.25) is 5.91 Å². The molecule has 0 aromatic heterocycles.